The molecule has 0 radical (unpaired) electrons. The van der Waals surface area contributed by atoms with Gasteiger partial charge in [0.25, 0.3) is 0 Å². The molecule has 3 N–H and O–H groups in total. The highest BCUT2D eigenvalue weighted by Gasteiger charge is 2.55. The molecular weight excluding hydrogens is 631 g/mol. The molecule has 1 aromatic carbocycles. The van der Waals surface area contributed by atoms with Crippen LogP contribution in [-0.2, 0) is 25.2 Å². The van der Waals surface area contributed by atoms with Crippen LogP contribution in [0.2, 0.25) is 5.02 Å². The first-order valence-electron chi connectivity index (χ1n) is 14.2. The van der Waals surface area contributed by atoms with E-state index in [0.717, 1.165) is 29.1 Å². The number of nitrogens with zero attached hydrogens (tertiary/aromatic N) is 4. The number of hydrogen-bond donors (Lipinski definition) is 3. The van der Waals surface area contributed by atoms with Gasteiger partial charge in [-0.1, -0.05) is 17.7 Å². The summed E-state index contributed by atoms with van der Waals surface area (Å²) in [6, 6.07) is 3.53. The Bertz CT molecular complexity index is 1730. The van der Waals surface area contributed by atoms with Gasteiger partial charge in [0.05, 0.1) is 5.25 Å². The molecular formula is C29H30ClFN6O5S2. The van der Waals surface area contributed by atoms with Crippen LogP contribution in [0.4, 0.5) is 4.39 Å². The number of carbonyl (C=O) groups excluding carboxylic acids is 2. The number of hydrogen-bond acceptors (Lipinski definition) is 10. The summed E-state index contributed by atoms with van der Waals surface area (Å²) in [5.74, 6) is 0.458. The summed E-state index contributed by atoms with van der Waals surface area (Å²) in [7, 11) is -3.69. The number of halogens is 2. The lowest BCUT2D eigenvalue weighted by atomic mass is 9.76. The highest BCUT2D eigenvalue weighted by molar-refractivity contribution is 7.90. The Morgan fingerprint density at radius 1 is 1.20 bits per heavy atom. The topological polar surface area (TPSA) is 158 Å². The smallest absolute Gasteiger partial charge is 0.373 e. The molecule has 3 fully saturated rings. The minimum atomic E-state index is -3.69. The van der Waals surface area contributed by atoms with Crippen LogP contribution in [0.1, 0.15) is 61.5 Å². The molecule has 4 atom stereocenters. The number of benzene rings is 1. The molecule has 2 aliphatic carbocycles. The van der Waals surface area contributed by atoms with Gasteiger partial charge in [-0.05, 0) is 67.7 Å². The fourth-order valence-electron chi connectivity index (χ4n) is 7.44. The first-order chi connectivity index (χ1) is 21.0. The maximum absolute atomic E-state index is 13.9. The van der Waals surface area contributed by atoms with Crippen molar-refractivity contribution in [2.24, 2.45) is 16.8 Å². The van der Waals surface area contributed by atoms with Crippen molar-refractivity contribution in [3.8, 4) is 0 Å². The lowest BCUT2D eigenvalue weighted by molar-refractivity contribution is -0.191. The lowest BCUT2D eigenvalue weighted by Crippen LogP contribution is -2.51. The highest BCUT2D eigenvalue weighted by Crippen LogP contribution is 2.52. The monoisotopic (exact) mass is 660 g/mol. The third kappa shape index (κ3) is 5.55. The summed E-state index contributed by atoms with van der Waals surface area (Å²) in [5, 5.41) is 13.7. The van der Waals surface area contributed by atoms with Gasteiger partial charge >= 0.3 is 6.15 Å². The number of aliphatic imine (C=N–C) groups is 1. The van der Waals surface area contributed by atoms with Crippen LogP contribution < -0.4 is 4.72 Å². The Labute approximate surface area is 262 Å². The van der Waals surface area contributed by atoms with Gasteiger partial charge in [-0.25, -0.2) is 27.5 Å². The summed E-state index contributed by atoms with van der Waals surface area (Å²) < 4.78 is 44.7. The van der Waals surface area contributed by atoms with E-state index < -0.39 is 32.7 Å². The minimum absolute atomic E-state index is 0.149. The number of fused-ring (bicyclic) bond motifs is 3. The molecule has 2 aromatic heterocycles. The number of sulfonamides is 1. The quantitative estimate of drug-likeness (QED) is 0.359. The lowest BCUT2D eigenvalue weighted by Gasteiger charge is -2.40. The van der Waals surface area contributed by atoms with Crippen LogP contribution in [0.25, 0.3) is 0 Å². The molecule has 15 heteroatoms. The molecule has 11 nitrogen and oxygen atoms in total. The largest absolute Gasteiger partial charge is 0.382 e. The van der Waals surface area contributed by atoms with Crippen LogP contribution in [0.5, 0.6) is 0 Å². The summed E-state index contributed by atoms with van der Waals surface area (Å²) >= 11 is 7.92. The second-order valence-corrected chi connectivity index (χ2v) is 14.9. The predicted octanol–water partition coefficient (Wildman–Crippen LogP) is 3.92. The number of nitrogens with one attached hydrogen (secondary N) is 2. The maximum Gasteiger partial charge on any atom is 0.373 e. The molecule has 3 unspecified atom stereocenters. The van der Waals surface area contributed by atoms with Crippen molar-refractivity contribution in [2.75, 3.05) is 6.54 Å². The van der Waals surface area contributed by atoms with E-state index in [1.165, 1.54) is 23.5 Å². The van der Waals surface area contributed by atoms with Crippen molar-refractivity contribution in [1.82, 2.24) is 24.6 Å². The summed E-state index contributed by atoms with van der Waals surface area (Å²) in [6.07, 6.45) is 8.01. The van der Waals surface area contributed by atoms with Gasteiger partial charge in [0.1, 0.15) is 23.3 Å². The van der Waals surface area contributed by atoms with Crippen molar-refractivity contribution in [3.63, 3.8) is 0 Å². The van der Waals surface area contributed by atoms with Crippen molar-refractivity contribution in [1.29, 1.82) is 0 Å². The minimum Gasteiger partial charge on any atom is -0.382 e. The first kappa shape index (κ1) is 30.8. The van der Waals surface area contributed by atoms with Crippen molar-refractivity contribution < 1.29 is 27.5 Å². The molecule has 3 aromatic rings. The van der Waals surface area contributed by atoms with E-state index in [1.807, 2.05) is 12.3 Å². The number of thiazole rings is 1. The maximum atomic E-state index is 13.9. The number of aromatic nitrogens is 3. The van der Waals surface area contributed by atoms with Gasteiger partial charge in [-0.2, -0.15) is 9.59 Å². The predicted molar refractivity (Wildman–Crippen MR) is 159 cm³/mol. The van der Waals surface area contributed by atoms with E-state index in [2.05, 4.69) is 24.6 Å². The summed E-state index contributed by atoms with van der Waals surface area (Å²) in [5.41, 5.74) is 1.48. The van der Waals surface area contributed by atoms with Crippen molar-refractivity contribution in [2.45, 2.75) is 62.0 Å². The zero-order valence-corrected chi connectivity index (χ0v) is 26.0. The number of rotatable bonds is 6. The fourth-order valence-corrected chi connectivity index (χ4v) is 10.6. The highest BCUT2D eigenvalue weighted by atomic mass is 35.5. The van der Waals surface area contributed by atoms with E-state index in [4.69, 9.17) is 26.2 Å². The van der Waals surface area contributed by atoms with Gasteiger partial charge in [0.15, 0.2) is 10.8 Å². The Kier molecular flexibility index (Phi) is 8.33. The normalized spacial score (nSPS) is 29.5. The van der Waals surface area contributed by atoms with Gasteiger partial charge < -0.3 is 15.0 Å². The molecule has 1 saturated heterocycles. The molecule has 7 rings (SSSR count). The third-order valence-corrected chi connectivity index (χ3v) is 12.3. The first-order valence-corrected chi connectivity index (χ1v) is 17.0. The SMILES string of the molecule is CC1=C2CC(NS(=O)(=O)C3C4CCC3CC(O)(c3ncc[nH]3)C4)CN2C(c2nccs2)=N[C@H]1c1ccc(F)cc1Cl.O=C=O. The van der Waals surface area contributed by atoms with Crippen molar-refractivity contribution in [3.05, 3.63) is 80.7 Å². The number of aromatic amines is 1. The average Bonchev–Trinajstić information content (AvgIpc) is 3.77. The number of H-pyrrole nitrogens is 1. The molecule has 4 heterocycles. The number of imidazole rings is 1. The molecule has 2 bridgehead atoms. The van der Waals surface area contributed by atoms with E-state index >= 15 is 0 Å². The molecule has 0 amide bonds. The second-order valence-electron chi connectivity index (χ2n) is 11.7. The Morgan fingerprint density at radius 3 is 2.55 bits per heavy atom. The van der Waals surface area contributed by atoms with E-state index in [-0.39, 0.29) is 24.0 Å². The second kappa shape index (κ2) is 11.9. The van der Waals surface area contributed by atoms with E-state index in [9.17, 15) is 17.9 Å². The molecule has 2 aliphatic heterocycles. The fraction of sp³-hybridized carbons (Fsp3) is 0.448. The molecule has 0 spiro atoms. The molecule has 232 valence electrons. The van der Waals surface area contributed by atoms with Gasteiger partial charge in [0, 0.05) is 53.7 Å². The van der Waals surface area contributed by atoms with Gasteiger partial charge in [-0.3, -0.25) is 4.99 Å². The molecule has 2 saturated carbocycles. The van der Waals surface area contributed by atoms with E-state index in [0.29, 0.717) is 48.1 Å². The number of aliphatic hydroxyl groups is 1. The Morgan fingerprint density at radius 2 is 1.93 bits per heavy atom. The standard InChI is InChI=1S/C28H30ClFN6O3S2.CO2/c1-15-22-11-19(35-41(38,39)24-16-2-3-17(24)13-28(37,12-16)27-32-6-7-33-27)14-36(22)25(26-31-8-9-40-26)34-23(15)20-5-4-18(30)10-21(20)29;2-1-3/h4-10,16-17,19,23-24,35,37H,2-3,11-14H2,1H3,(H,32,33);/t16?,17?,19?,23-,24?,28?;/m1./s1. The average molecular weight is 661 g/mol. The summed E-state index contributed by atoms with van der Waals surface area (Å²) in [6.45, 7) is 2.40. The van der Waals surface area contributed by atoms with Crippen LogP contribution in [0.15, 0.2) is 58.4 Å². The van der Waals surface area contributed by atoms with Crippen LogP contribution in [0, 0.1) is 17.7 Å². The Hall–Kier alpha value is -3.26. The zero-order chi connectivity index (χ0) is 31.2. The molecule has 4 aliphatic rings. The Balaban J connectivity index is 0.00000110. The van der Waals surface area contributed by atoms with Crippen LogP contribution in [-0.4, -0.2) is 63.2 Å². The number of amidine groups is 1. The van der Waals surface area contributed by atoms with Crippen LogP contribution >= 0.6 is 22.9 Å². The van der Waals surface area contributed by atoms with Gasteiger partial charge in [0.2, 0.25) is 10.0 Å². The third-order valence-electron chi connectivity index (χ3n) is 9.09. The van der Waals surface area contributed by atoms with Gasteiger partial charge in [-0.15, -0.1) is 11.3 Å². The summed E-state index contributed by atoms with van der Waals surface area (Å²) in [4.78, 5) is 35.1. The van der Waals surface area contributed by atoms with Crippen LogP contribution in [0.3, 0.4) is 0 Å². The zero-order valence-electron chi connectivity index (χ0n) is 23.6. The van der Waals surface area contributed by atoms with E-state index in [1.54, 1.807) is 24.7 Å². The van der Waals surface area contributed by atoms with Crippen molar-refractivity contribution >= 4 is 44.9 Å². The molecule has 44 heavy (non-hydrogen) atoms.